The quantitative estimate of drug-likeness (QED) is 0.501. The second kappa shape index (κ2) is 9.10. The van der Waals surface area contributed by atoms with Crippen molar-refractivity contribution in [1.29, 1.82) is 0 Å². The molecule has 4 nitrogen and oxygen atoms in total. The van der Waals surface area contributed by atoms with Crippen LogP contribution in [0.15, 0.2) is 54.6 Å². The molecule has 0 aliphatic heterocycles. The van der Waals surface area contributed by atoms with Crippen molar-refractivity contribution in [3.63, 3.8) is 0 Å². The van der Waals surface area contributed by atoms with Crippen LogP contribution in [0.2, 0.25) is 0 Å². The maximum Gasteiger partial charge on any atom is 0.329 e. The van der Waals surface area contributed by atoms with Gasteiger partial charge in [-0.05, 0) is 43.0 Å². The Balaban J connectivity index is 1.68. The molecule has 0 unspecified atom stereocenters. The number of unbranched alkanes of at least 4 members (excludes halogenated alkanes) is 2. The average molecular weight is 329 g/mol. The number of anilines is 2. The van der Waals surface area contributed by atoms with Gasteiger partial charge in [0.2, 0.25) is 0 Å². The molecule has 2 aromatic carbocycles. The van der Waals surface area contributed by atoms with Gasteiger partial charge in [-0.25, -0.2) is 9.10 Å². The van der Waals surface area contributed by atoms with E-state index < -0.39 is 6.03 Å². The van der Waals surface area contributed by atoms with Crippen LogP contribution < -0.4 is 15.4 Å². The molecule has 0 bridgehead atoms. The summed E-state index contributed by atoms with van der Waals surface area (Å²) in [5, 5.41) is 3.36. The van der Waals surface area contributed by atoms with Crippen LogP contribution in [0, 0.1) is 0 Å². The van der Waals surface area contributed by atoms with Crippen LogP contribution in [0.3, 0.4) is 0 Å². The summed E-state index contributed by atoms with van der Waals surface area (Å²) in [7, 11) is 0. The molecule has 23 heavy (non-hydrogen) atoms. The van der Waals surface area contributed by atoms with Gasteiger partial charge in [-0.2, -0.15) is 0 Å². The Bertz CT molecular complexity index is 619. The van der Waals surface area contributed by atoms with Gasteiger partial charge < -0.3 is 11.1 Å². The maximum atomic E-state index is 11.1. The minimum absolute atomic E-state index is 0.591. The van der Waals surface area contributed by atoms with Crippen LogP contribution in [0.4, 0.5) is 16.2 Å². The molecule has 0 spiro atoms. The summed E-state index contributed by atoms with van der Waals surface area (Å²) in [5.74, 6) is 0. The highest BCUT2D eigenvalue weighted by atomic mass is 32.1. The lowest BCUT2D eigenvalue weighted by atomic mass is 10.1. The first-order chi connectivity index (χ1) is 11.2. The van der Waals surface area contributed by atoms with Crippen molar-refractivity contribution in [1.82, 2.24) is 0 Å². The third-order valence-corrected chi connectivity index (χ3v) is 4.04. The number of aryl methyl sites for hydroxylation is 1. The fourth-order valence-electron chi connectivity index (χ4n) is 2.38. The zero-order chi connectivity index (χ0) is 16.5. The van der Waals surface area contributed by atoms with Crippen LogP contribution in [-0.4, -0.2) is 12.6 Å². The SMILES string of the molecule is NC(=O)N(S)c1cccc(NCCCCCc2ccccc2)c1. The van der Waals surface area contributed by atoms with E-state index in [2.05, 4.69) is 42.4 Å². The number of benzene rings is 2. The van der Waals surface area contributed by atoms with Gasteiger partial charge in [-0.3, -0.25) is 0 Å². The lowest BCUT2D eigenvalue weighted by Crippen LogP contribution is -2.27. The number of thiol groups is 1. The maximum absolute atomic E-state index is 11.1. The molecule has 0 aliphatic rings. The molecule has 0 atom stereocenters. The van der Waals surface area contributed by atoms with Crippen molar-refractivity contribution in [2.24, 2.45) is 5.73 Å². The summed E-state index contributed by atoms with van der Waals surface area (Å²) >= 11 is 4.06. The number of primary amides is 1. The number of urea groups is 1. The second-order valence-corrected chi connectivity index (χ2v) is 5.82. The first-order valence-corrected chi connectivity index (χ1v) is 8.23. The first-order valence-electron chi connectivity index (χ1n) is 7.83. The molecule has 2 aromatic rings. The predicted octanol–water partition coefficient (Wildman–Crippen LogP) is 4.24. The Labute approximate surface area is 143 Å². The molecule has 0 saturated heterocycles. The molecule has 0 aliphatic carbocycles. The standard InChI is InChI=1S/C18H23N3OS/c19-18(22)21(23)17-12-7-11-16(14-17)20-13-6-2-5-10-15-8-3-1-4-9-15/h1,3-4,7-9,11-12,14,20,23H,2,5-6,10,13H2,(H2,19,22). The summed E-state index contributed by atoms with van der Waals surface area (Å²) in [6.07, 6.45) is 4.61. The Hall–Kier alpha value is -2.14. The summed E-state index contributed by atoms with van der Waals surface area (Å²) in [6, 6.07) is 17.5. The molecule has 0 heterocycles. The summed E-state index contributed by atoms with van der Waals surface area (Å²) in [5.41, 5.74) is 8.23. The van der Waals surface area contributed by atoms with Gasteiger partial charge in [0.1, 0.15) is 0 Å². The highest BCUT2D eigenvalue weighted by molar-refractivity contribution is 7.82. The number of nitrogens with two attached hydrogens (primary N) is 1. The minimum Gasteiger partial charge on any atom is -0.385 e. The van der Waals surface area contributed by atoms with Gasteiger partial charge in [0, 0.05) is 12.2 Å². The molecule has 122 valence electrons. The molecule has 0 aromatic heterocycles. The fourth-order valence-corrected chi connectivity index (χ4v) is 2.51. The van der Waals surface area contributed by atoms with E-state index in [1.165, 1.54) is 18.4 Å². The van der Waals surface area contributed by atoms with E-state index in [1.54, 1.807) is 6.07 Å². The molecule has 0 fully saturated rings. The third kappa shape index (κ3) is 5.87. The first kappa shape index (κ1) is 17.2. The zero-order valence-electron chi connectivity index (χ0n) is 13.1. The number of amides is 2. The summed E-state index contributed by atoms with van der Waals surface area (Å²) in [6.45, 7) is 0.904. The van der Waals surface area contributed by atoms with Crippen LogP contribution in [0.5, 0.6) is 0 Å². The van der Waals surface area contributed by atoms with E-state index in [4.69, 9.17) is 5.73 Å². The minimum atomic E-state index is -0.591. The van der Waals surface area contributed by atoms with Crippen molar-refractivity contribution in [2.45, 2.75) is 25.7 Å². The molecule has 2 rings (SSSR count). The fraction of sp³-hybridized carbons (Fsp3) is 0.278. The van der Waals surface area contributed by atoms with Crippen molar-refractivity contribution in [3.05, 3.63) is 60.2 Å². The van der Waals surface area contributed by atoms with E-state index in [1.807, 2.05) is 24.3 Å². The Morgan fingerprint density at radius 1 is 1.04 bits per heavy atom. The normalized spacial score (nSPS) is 10.3. The van der Waals surface area contributed by atoms with Gasteiger partial charge in [-0.15, -0.1) is 0 Å². The van der Waals surface area contributed by atoms with Crippen LogP contribution in [0.1, 0.15) is 24.8 Å². The smallest absolute Gasteiger partial charge is 0.329 e. The van der Waals surface area contributed by atoms with E-state index in [0.717, 1.165) is 29.4 Å². The molecule has 2 amide bonds. The number of hydrogen-bond acceptors (Lipinski definition) is 3. The lowest BCUT2D eigenvalue weighted by molar-refractivity contribution is 0.257. The molecule has 0 saturated carbocycles. The molecular formula is C18H23N3OS. The van der Waals surface area contributed by atoms with Crippen LogP contribution >= 0.6 is 12.8 Å². The highest BCUT2D eigenvalue weighted by Gasteiger charge is 2.07. The van der Waals surface area contributed by atoms with Crippen LogP contribution in [-0.2, 0) is 6.42 Å². The Kier molecular flexibility index (Phi) is 6.81. The molecular weight excluding hydrogens is 306 g/mol. The van der Waals surface area contributed by atoms with Crippen molar-refractivity contribution in [2.75, 3.05) is 16.2 Å². The molecule has 3 N–H and O–H groups in total. The topological polar surface area (TPSA) is 58.4 Å². The monoisotopic (exact) mass is 329 g/mol. The Morgan fingerprint density at radius 3 is 2.57 bits per heavy atom. The molecule has 0 radical (unpaired) electrons. The van der Waals surface area contributed by atoms with Gasteiger partial charge in [-0.1, -0.05) is 55.6 Å². The largest absolute Gasteiger partial charge is 0.385 e. The number of hydrogen-bond donors (Lipinski definition) is 3. The average Bonchev–Trinajstić information content (AvgIpc) is 2.58. The number of nitrogens with zero attached hydrogens (tertiary/aromatic N) is 1. The number of rotatable bonds is 8. The van der Waals surface area contributed by atoms with Gasteiger partial charge in [0.15, 0.2) is 0 Å². The van der Waals surface area contributed by atoms with Crippen LogP contribution in [0.25, 0.3) is 0 Å². The Morgan fingerprint density at radius 2 is 1.83 bits per heavy atom. The van der Waals surface area contributed by atoms with Crippen molar-refractivity contribution < 1.29 is 4.79 Å². The zero-order valence-corrected chi connectivity index (χ0v) is 14.0. The van der Waals surface area contributed by atoms with E-state index >= 15 is 0 Å². The van der Waals surface area contributed by atoms with Crippen molar-refractivity contribution in [3.8, 4) is 0 Å². The highest BCUT2D eigenvalue weighted by Crippen LogP contribution is 2.20. The van der Waals surface area contributed by atoms with Gasteiger partial charge in [0.05, 0.1) is 5.69 Å². The number of carbonyl (C=O) groups excluding carboxylic acids is 1. The summed E-state index contributed by atoms with van der Waals surface area (Å²) < 4.78 is 1.13. The predicted molar refractivity (Wildman–Crippen MR) is 100.0 cm³/mol. The third-order valence-electron chi connectivity index (χ3n) is 3.61. The lowest BCUT2D eigenvalue weighted by Gasteiger charge is -2.14. The number of nitrogens with one attached hydrogen (secondary N) is 1. The van der Waals surface area contributed by atoms with Gasteiger partial charge in [0.25, 0.3) is 0 Å². The molecule has 5 heteroatoms. The second-order valence-electron chi connectivity index (χ2n) is 5.42. The van der Waals surface area contributed by atoms with Crippen molar-refractivity contribution >= 4 is 30.2 Å². The number of carbonyl (C=O) groups is 1. The summed E-state index contributed by atoms with van der Waals surface area (Å²) in [4.78, 5) is 11.1. The van der Waals surface area contributed by atoms with E-state index in [0.29, 0.717) is 5.69 Å². The van der Waals surface area contributed by atoms with Gasteiger partial charge >= 0.3 is 6.03 Å². The van der Waals surface area contributed by atoms with E-state index in [-0.39, 0.29) is 0 Å². The van der Waals surface area contributed by atoms with E-state index in [9.17, 15) is 4.79 Å².